The number of methoxy groups -OCH3 is 3. The van der Waals surface area contributed by atoms with Gasteiger partial charge in [0.2, 0.25) is 11.5 Å². The summed E-state index contributed by atoms with van der Waals surface area (Å²) in [6.07, 6.45) is 2.17. The average Bonchev–Trinajstić information content (AvgIpc) is 3.01. The van der Waals surface area contributed by atoms with Crippen molar-refractivity contribution in [2.75, 3.05) is 27.2 Å². The SMILES string of the molecule is COc1cc(C=C2SCNC2C(=O)C=O)cc(OC)c1OC. The summed E-state index contributed by atoms with van der Waals surface area (Å²) >= 11 is 1.48. The first-order valence-electron chi connectivity index (χ1n) is 6.51. The highest BCUT2D eigenvalue weighted by Gasteiger charge is 2.27. The van der Waals surface area contributed by atoms with Crippen molar-refractivity contribution in [2.24, 2.45) is 0 Å². The number of benzene rings is 1. The van der Waals surface area contributed by atoms with Crippen LogP contribution < -0.4 is 19.5 Å². The maximum absolute atomic E-state index is 11.6. The molecule has 0 spiro atoms. The highest BCUT2D eigenvalue weighted by atomic mass is 32.2. The Morgan fingerprint density at radius 3 is 2.36 bits per heavy atom. The summed E-state index contributed by atoms with van der Waals surface area (Å²) in [6.45, 7) is 0. The number of thioether (sulfide) groups is 1. The summed E-state index contributed by atoms with van der Waals surface area (Å²) in [5.74, 6) is 1.67. The molecule has 7 heteroatoms. The topological polar surface area (TPSA) is 73.9 Å². The lowest BCUT2D eigenvalue weighted by molar-refractivity contribution is -0.130. The van der Waals surface area contributed by atoms with Gasteiger partial charge in [0.05, 0.1) is 21.3 Å². The normalized spacial score (nSPS) is 19.0. The molecule has 22 heavy (non-hydrogen) atoms. The number of carbonyl (C=O) groups is 2. The Bertz CT molecular complexity index is 589. The minimum Gasteiger partial charge on any atom is -0.493 e. The molecule has 2 rings (SSSR count). The summed E-state index contributed by atoms with van der Waals surface area (Å²) in [7, 11) is 4.62. The van der Waals surface area contributed by atoms with Gasteiger partial charge in [-0.05, 0) is 23.8 Å². The Balaban J connectivity index is 2.42. The summed E-state index contributed by atoms with van der Waals surface area (Å²) < 4.78 is 15.9. The first-order valence-corrected chi connectivity index (χ1v) is 7.50. The number of ketones is 1. The molecule has 0 bridgehead atoms. The van der Waals surface area contributed by atoms with E-state index >= 15 is 0 Å². The van der Waals surface area contributed by atoms with Gasteiger partial charge in [-0.25, -0.2) is 0 Å². The quantitative estimate of drug-likeness (QED) is 0.628. The number of rotatable bonds is 6. The largest absolute Gasteiger partial charge is 0.493 e. The number of hydrogen-bond donors (Lipinski definition) is 1. The molecular weight excluding hydrogens is 306 g/mol. The zero-order valence-electron chi connectivity index (χ0n) is 12.5. The number of hydrogen-bond acceptors (Lipinski definition) is 7. The summed E-state index contributed by atoms with van der Waals surface area (Å²) in [6, 6.07) is 2.99. The summed E-state index contributed by atoms with van der Waals surface area (Å²) in [5.41, 5.74) is 0.796. The monoisotopic (exact) mass is 323 g/mol. The Morgan fingerprint density at radius 2 is 1.86 bits per heavy atom. The molecule has 0 amide bonds. The van der Waals surface area contributed by atoms with E-state index in [1.165, 1.54) is 18.9 Å². The molecule has 1 unspecified atom stereocenters. The van der Waals surface area contributed by atoms with Gasteiger partial charge in [0.15, 0.2) is 17.8 Å². The van der Waals surface area contributed by atoms with Gasteiger partial charge in [-0.1, -0.05) is 0 Å². The molecule has 1 atom stereocenters. The number of nitrogens with one attached hydrogen (secondary N) is 1. The lowest BCUT2D eigenvalue weighted by Crippen LogP contribution is -2.32. The molecule has 1 N–H and O–H groups in total. The third-order valence-corrected chi connectivity index (χ3v) is 4.21. The highest BCUT2D eigenvalue weighted by molar-refractivity contribution is 8.03. The van der Waals surface area contributed by atoms with Gasteiger partial charge < -0.3 is 14.2 Å². The van der Waals surface area contributed by atoms with E-state index in [2.05, 4.69) is 5.32 Å². The molecule has 1 saturated heterocycles. The van der Waals surface area contributed by atoms with Gasteiger partial charge >= 0.3 is 0 Å². The van der Waals surface area contributed by atoms with Gasteiger partial charge in [-0.2, -0.15) is 0 Å². The second-order valence-corrected chi connectivity index (χ2v) is 5.50. The zero-order valence-corrected chi connectivity index (χ0v) is 13.4. The van der Waals surface area contributed by atoms with Crippen molar-refractivity contribution < 1.29 is 23.8 Å². The standard InChI is InChI=1S/C15H17NO5S/c1-19-11-4-9(5-12(20-2)15(11)21-3)6-13-14(10(18)7-17)16-8-22-13/h4-7,14,16H,8H2,1-3H3. The van der Waals surface area contributed by atoms with Crippen LogP contribution in [0.15, 0.2) is 17.0 Å². The van der Waals surface area contributed by atoms with Crippen LogP contribution in [0, 0.1) is 0 Å². The van der Waals surface area contributed by atoms with Crippen LogP contribution in [-0.4, -0.2) is 45.3 Å². The molecule has 1 fully saturated rings. The van der Waals surface area contributed by atoms with Crippen molar-refractivity contribution in [2.45, 2.75) is 6.04 Å². The van der Waals surface area contributed by atoms with Crippen molar-refractivity contribution in [3.8, 4) is 17.2 Å². The fourth-order valence-electron chi connectivity index (χ4n) is 2.18. The van der Waals surface area contributed by atoms with Crippen LogP contribution in [-0.2, 0) is 9.59 Å². The average molecular weight is 323 g/mol. The van der Waals surface area contributed by atoms with Crippen molar-refractivity contribution >= 4 is 29.9 Å². The lowest BCUT2D eigenvalue weighted by atomic mass is 10.1. The van der Waals surface area contributed by atoms with Gasteiger partial charge in [-0.15, -0.1) is 11.8 Å². The van der Waals surface area contributed by atoms with Crippen LogP contribution in [0.3, 0.4) is 0 Å². The molecule has 0 aromatic heterocycles. The molecule has 1 aliphatic heterocycles. The van der Waals surface area contributed by atoms with Gasteiger partial charge in [-0.3, -0.25) is 14.9 Å². The molecule has 118 valence electrons. The number of carbonyl (C=O) groups excluding carboxylic acids is 2. The van der Waals surface area contributed by atoms with Crippen LogP contribution in [0.4, 0.5) is 0 Å². The third kappa shape index (κ3) is 3.26. The van der Waals surface area contributed by atoms with Crippen LogP contribution in [0.2, 0.25) is 0 Å². The van der Waals surface area contributed by atoms with Crippen molar-refractivity contribution in [1.29, 1.82) is 0 Å². The Kier molecular flexibility index (Phi) is 5.46. The molecule has 1 aliphatic rings. The molecule has 6 nitrogen and oxygen atoms in total. The first-order chi connectivity index (χ1) is 10.6. The van der Waals surface area contributed by atoms with Crippen LogP contribution in [0.1, 0.15) is 5.56 Å². The molecular formula is C15H17NO5S. The predicted octanol–water partition coefficient (Wildman–Crippen LogP) is 1.48. The van der Waals surface area contributed by atoms with Crippen molar-refractivity contribution in [3.05, 3.63) is 22.6 Å². The van der Waals surface area contributed by atoms with Crippen LogP contribution in [0.5, 0.6) is 17.2 Å². The minimum absolute atomic E-state index is 0.340. The predicted molar refractivity (Wildman–Crippen MR) is 84.5 cm³/mol. The number of aldehydes is 1. The first kappa shape index (κ1) is 16.4. The lowest BCUT2D eigenvalue weighted by Gasteiger charge is -2.13. The van der Waals surface area contributed by atoms with Crippen molar-refractivity contribution in [1.82, 2.24) is 5.32 Å². The number of Topliss-reactive ketones (excluding diaryl/α,β-unsaturated/α-hetero) is 1. The fraction of sp³-hybridized carbons (Fsp3) is 0.333. The summed E-state index contributed by atoms with van der Waals surface area (Å²) in [4.78, 5) is 23.1. The Hall–Kier alpha value is -1.99. The van der Waals surface area contributed by atoms with E-state index in [1.807, 2.05) is 6.08 Å². The zero-order chi connectivity index (χ0) is 16.1. The van der Waals surface area contributed by atoms with E-state index < -0.39 is 11.8 Å². The molecule has 1 heterocycles. The maximum Gasteiger partial charge on any atom is 0.217 e. The van der Waals surface area contributed by atoms with E-state index in [1.54, 1.807) is 26.4 Å². The van der Waals surface area contributed by atoms with E-state index in [9.17, 15) is 9.59 Å². The van der Waals surface area contributed by atoms with Gasteiger partial charge in [0.25, 0.3) is 0 Å². The fourth-order valence-corrected chi connectivity index (χ4v) is 3.18. The van der Waals surface area contributed by atoms with E-state index in [-0.39, 0.29) is 0 Å². The minimum atomic E-state index is -0.582. The summed E-state index contributed by atoms with van der Waals surface area (Å²) in [5, 5.41) is 2.98. The smallest absolute Gasteiger partial charge is 0.217 e. The third-order valence-electron chi connectivity index (χ3n) is 3.21. The van der Waals surface area contributed by atoms with Gasteiger partial charge in [0.1, 0.15) is 6.04 Å². The Morgan fingerprint density at radius 1 is 1.23 bits per heavy atom. The van der Waals surface area contributed by atoms with Crippen molar-refractivity contribution in [3.63, 3.8) is 0 Å². The molecule has 0 saturated carbocycles. The second-order valence-electron chi connectivity index (χ2n) is 4.45. The molecule has 1 aromatic carbocycles. The van der Waals surface area contributed by atoms with Crippen LogP contribution in [0.25, 0.3) is 6.08 Å². The van der Waals surface area contributed by atoms with Gasteiger partial charge in [0, 0.05) is 10.8 Å². The highest BCUT2D eigenvalue weighted by Crippen LogP contribution is 2.39. The molecule has 0 aliphatic carbocycles. The maximum atomic E-state index is 11.6. The molecule has 1 aromatic rings. The van der Waals surface area contributed by atoms with E-state index in [0.29, 0.717) is 29.4 Å². The van der Waals surface area contributed by atoms with Crippen LogP contribution >= 0.6 is 11.8 Å². The van der Waals surface area contributed by atoms with E-state index in [0.717, 1.165) is 10.5 Å². The second kappa shape index (κ2) is 7.33. The Labute approximate surface area is 132 Å². The molecule has 0 radical (unpaired) electrons. The number of ether oxygens (including phenoxy) is 3. The van der Waals surface area contributed by atoms with E-state index in [4.69, 9.17) is 14.2 Å².